The number of carbonyl (C=O) groups is 1. The molecule has 0 aromatic heterocycles. The Balaban J connectivity index is 4.20. The Labute approximate surface area is 72.5 Å². The molecule has 0 atom stereocenters. The van der Waals surface area contributed by atoms with Crippen molar-refractivity contribution < 1.29 is 9.53 Å². The highest BCUT2D eigenvalue weighted by molar-refractivity contribution is 5.88. The molecule has 0 aromatic carbocycles. The summed E-state index contributed by atoms with van der Waals surface area (Å²) in [6.07, 6.45) is 1.47. The Morgan fingerprint density at radius 2 is 1.83 bits per heavy atom. The number of hydrogen-bond donors (Lipinski definition) is 0. The highest BCUT2D eigenvalue weighted by Gasteiger charge is 2.06. The van der Waals surface area contributed by atoms with Gasteiger partial charge in [0.05, 0.1) is 0 Å². The molecule has 0 aliphatic rings. The van der Waals surface area contributed by atoms with Gasteiger partial charge in [0, 0.05) is 11.1 Å². The molecule has 0 rings (SSSR count). The van der Waals surface area contributed by atoms with Crippen LogP contribution in [0.2, 0.25) is 0 Å². The Bertz CT molecular complexity index is 259. The highest BCUT2D eigenvalue weighted by atomic mass is 16.5. The van der Waals surface area contributed by atoms with Gasteiger partial charge in [0.1, 0.15) is 5.76 Å². The van der Waals surface area contributed by atoms with E-state index >= 15 is 0 Å². The minimum atomic E-state index is -0.497. The van der Waals surface area contributed by atoms with E-state index in [9.17, 15) is 4.79 Å². The third-order valence-corrected chi connectivity index (χ3v) is 1.17. The van der Waals surface area contributed by atoms with E-state index in [2.05, 4.69) is 26.3 Å². The van der Waals surface area contributed by atoms with E-state index in [0.717, 1.165) is 0 Å². The van der Waals surface area contributed by atoms with E-state index in [1.807, 2.05) is 0 Å². The quantitative estimate of drug-likeness (QED) is 0.276. The van der Waals surface area contributed by atoms with Crippen molar-refractivity contribution in [3.05, 3.63) is 49.3 Å². The van der Waals surface area contributed by atoms with Crippen molar-refractivity contribution in [1.29, 1.82) is 0 Å². The summed E-state index contributed by atoms with van der Waals surface area (Å²) < 4.78 is 4.76. The number of carbonyl (C=O) groups excluding carboxylic acids is 1. The van der Waals surface area contributed by atoms with Crippen LogP contribution >= 0.6 is 0 Å². The van der Waals surface area contributed by atoms with E-state index < -0.39 is 5.97 Å². The summed E-state index contributed by atoms with van der Waals surface area (Å²) in [7, 11) is 0. The Morgan fingerprint density at radius 3 is 2.17 bits per heavy atom. The molecule has 2 heteroatoms. The zero-order valence-corrected chi connectivity index (χ0v) is 7.22. The molecule has 0 unspecified atom stereocenters. The van der Waals surface area contributed by atoms with Crippen LogP contribution in [0, 0.1) is 0 Å². The third-order valence-electron chi connectivity index (χ3n) is 1.17. The van der Waals surface area contributed by atoms with Gasteiger partial charge in [-0.2, -0.15) is 0 Å². The van der Waals surface area contributed by atoms with Gasteiger partial charge in [0.15, 0.2) is 0 Å². The van der Waals surface area contributed by atoms with Crippen molar-refractivity contribution in [2.24, 2.45) is 0 Å². The minimum absolute atomic E-state index is 0.206. The van der Waals surface area contributed by atoms with Crippen molar-refractivity contribution in [1.82, 2.24) is 0 Å². The van der Waals surface area contributed by atoms with Crippen molar-refractivity contribution in [3.63, 3.8) is 0 Å². The van der Waals surface area contributed by atoms with Gasteiger partial charge >= 0.3 is 5.97 Å². The first kappa shape index (κ1) is 10.4. The van der Waals surface area contributed by atoms with Crippen LogP contribution in [0.4, 0.5) is 0 Å². The van der Waals surface area contributed by atoms with Gasteiger partial charge in [-0.1, -0.05) is 32.4 Å². The van der Waals surface area contributed by atoms with Crippen LogP contribution in [0.5, 0.6) is 0 Å². The topological polar surface area (TPSA) is 26.3 Å². The summed E-state index contributed by atoms with van der Waals surface area (Å²) in [4.78, 5) is 10.9. The smallest absolute Gasteiger partial charge is 0.338 e. The fraction of sp³-hybridized carbons (Fsp3) is 0.100. The lowest BCUT2D eigenvalue weighted by Gasteiger charge is -2.05. The second-order valence-electron chi connectivity index (χ2n) is 2.32. The van der Waals surface area contributed by atoms with Crippen molar-refractivity contribution in [2.75, 3.05) is 0 Å². The summed E-state index contributed by atoms with van der Waals surface area (Å²) >= 11 is 0. The SMILES string of the molecule is C=CC(=C)C(=C)OC(=O)C(=C)C. The number of allylic oxidation sites excluding steroid dienone is 1. The first-order chi connectivity index (χ1) is 5.49. The zero-order valence-electron chi connectivity index (χ0n) is 7.22. The van der Waals surface area contributed by atoms with Crippen molar-refractivity contribution >= 4 is 5.97 Å². The van der Waals surface area contributed by atoms with Gasteiger partial charge in [-0.05, 0) is 6.92 Å². The van der Waals surface area contributed by atoms with Crippen LogP contribution < -0.4 is 0 Å². The second kappa shape index (κ2) is 4.34. The van der Waals surface area contributed by atoms with Crippen molar-refractivity contribution in [2.45, 2.75) is 6.92 Å². The normalized spacial score (nSPS) is 8.42. The highest BCUT2D eigenvalue weighted by Crippen LogP contribution is 2.09. The fourth-order valence-electron chi connectivity index (χ4n) is 0.378. The maximum atomic E-state index is 10.9. The molecule has 0 N–H and O–H groups in total. The van der Waals surface area contributed by atoms with Gasteiger partial charge in [-0.15, -0.1) is 0 Å². The standard InChI is InChI=1S/C10H12O2/c1-6-8(4)9(5)12-10(11)7(2)3/h6H,1-2,4-5H2,3H3. The Hall–Kier alpha value is -1.57. The summed E-state index contributed by atoms with van der Waals surface area (Å²) in [6.45, 7) is 15.5. The van der Waals surface area contributed by atoms with Gasteiger partial charge in [-0.25, -0.2) is 4.79 Å². The molecular weight excluding hydrogens is 152 g/mol. The number of ether oxygens (including phenoxy) is 1. The molecule has 0 aromatic rings. The lowest BCUT2D eigenvalue weighted by atomic mass is 10.2. The molecule has 0 aliphatic carbocycles. The average molecular weight is 164 g/mol. The molecule has 64 valence electrons. The summed E-state index contributed by atoms with van der Waals surface area (Å²) in [5.74, 6) is -0.291. The Morgan fingerprint density at radius 1 is 1.33 bits per heavy atom. The predicted octanol–water partition coefficient (Wildman–Crippen LogP) is 2.36. The average Bonchev–Trinajstić information content (AvgIpc) is 2.02. The molecule has 0 bridgehead atoms. The molecule has 0 radical (unpaired) electrons. The van der Waals surface area contributed by atoms with Crippen LogP contribution in [0.1, 0.15) is 6.92 Å². The molecule has 0 heterocycles. The van der Waals surface area contributed by atoms with Gasteiger partial charge < -0.3 is 4.74 Å². The lowest BCUT2D eigenvalue weighted by molar-refractivity contribution is -0.134. The molecule has 0 fully saturated rings. The predicted molar refractivity (Wildman–Crippen MR) is 49.4 cm³/mol. The van der Waals surface area contributed by atoms with Crippen LogP contribution in [-0.2, 0) is 9.53 Å². The lowest BCUT2D eigenvalue weighted by Crippen LogP contribution is -2.04. The van der Waals surface area contributed by atoms with E-state index in [1.54, 1.807) is 6.92 Å². The van der Waals surface area contributed by atoms with E-state index in [1.165, 1.54) is 6.08 Å². The molecular formula is C10H12O2. The molecule has 0 amide bonds. The minimum Gasteiger partial charge on any atom is -0.423 e. The van der Waals surface area contributed by atoms with E-state index in [-0.39, 0.29) is 5.76 Å². The van der Waals surface area contributed by atoms with Gasteiger partial charge in [0.2, 0.25) is 0 Å². The number of hydrogen-bond acceptors (Lipinski definition) is 2. The number of rotatable bonds is 4. The molecule has 12 heavy (non-hydrogen) atoms. The van der Waals surface area contributed by atoms with E-state index in [4.69, 9.17) is 4.74 Å². The van der Waals surface area contributed by atoms with Crippen LogP contribution in [-0.4, -0.2) is 5.97 Å². The molecule has 0 aliphatic heterocycles. The van der Waals surface area contributed by atoms with Gasteiger partial charge in [-0.3, -0.25) is 0 Å². The molecule has 0 spiro atoms. The maximum absolute atomic E-state index is 10.9. The number of esters is 1. The van der Waals surface area contributed by atoms with Crippen LogP contribution in [0.3, 0.4) is 0 Å². The zero-order chi connectivity index (χ0) is 9.72. The third kappa shape index (κ3) is 3.01. The first-order valence-electron chi connectivity index (χ1n) is 3.37. The van der Waals surface area contributed by atoms with E-state index in [0.29, 0.717) is 11.1 Å². The van der Waals surface area contributed by atoms with Gasteiger partial charge in [0.25, 0.3) is 0 Å². The largest absolute Gasteiger partial charge is 0.423 e. The molecule has 0 saturated heterocycles. The monoisotopic (exact) mass is 164 g/mol. The summed E-state index contributed by atoms with van der Waals surface area (Å²) in [6, 6.07) is 0. The van der Waals surface area contributed by atoms with Crippen LogP contribution in [0.15, 0.2) is 49.3 Å². The first-order valence-corrected chi connectivity index (χ1v) is 3.37. The molecule has 0 saturated carbocycles. The maximum Gasteiger partial charge on any atom is 0.338 e. The molecule has 2 nitrogen and oxygen atoms in total. The fourth-order valence-corrected chi connectivity index (χ4v) is 0.378. The second-order valence-corrected chi connectivity index (χ2v) is 2.32. The Kier molecular flexibility index (Phi) is 3.77. The van der Waals surface area contributed by atoms with Crippen LogP contribution in [0.25, 0.3) is 0 Å². The van der Waals surface area contributed by atoms with Crippen molar-refractivity contribution in [3.8, 4) is 0 Å². The summed E-state index contributed by atoms with van der Waals surface area (Å²) in [5, 5.41) is 0. The summed E-state index contributed by atoms with van der Waals surface area (Å²) in [5.41, 5.74) is 0.817.